The summed E-state index contributed by atoms with van der Waals surface area (Å²) in [6.45, 7) is 2.84. The average molecular weight is 254 g/mol. The third-order valence-electron chi connectivity index (χ3n) is 3.31. The van der Waals surface area contributed by atoms with Crippen LogP contribution in [-0.2, 0) is 6.54 Å². The maximum absolute atomic E-state index is 11.0. The van der Waals surface area contributed by atoms with E-state index in [1.54, 1.807) is 0 Å². The minimum atomic E-state index is -0.807. The van der Waals surface area contributed by atoms with E-state index in [4.69, 9.17) is 5.11 Å². The van der Waals surface area contributed by atoms with Gasteiger partial charge in [-0.05, 0) is 37.5 Å². The molecule has 1 aliphatic rings. The Bertz CT molecular complexity index is 403. The summed E-state index contributed by atoms with van der Waals surface area (Å²) < 4.78 is 0. The van der Waals surface area contributed by atoms with Gasteiger partial charge < -0.3 is 10.0 Å². The Morgan fingerprint density at radius 1 is 1.65 bits per heavy atom. The number of likely N-dealkylation sites (N-methyl/N-ethyl adjacent to an activating group) is 1. The fourth-order valence-electron chi connectivity index (χ4n) is 2.27. The molecular weight excluding hydrogens is 236 g/mol. The molecular formula is C12H18N2O2S. The van der Waals surface area contributed by atoms with Gasteiger partial charge in [-0.2, -0.15) is 0 Å². The van der Waals surface area contributed by atoms with Crippen LogP contribution in [0.25, 0.3) is 0 Å². The molecule has 1 aromatic heterocycles. The summed E-state index contributed by atoms with van der Waals surface area (Å²) in [5.41, 5.74) is 0.946. The number of carbonyl (C=O) groups is 1. The van der Waals surface area contributed by atoms with Gasteiger partial charge in [-0.3, -0.25) is 4.90 Å². The number of carboxylic acid groups (broad SMARTS) is 1. The summed E-state index contributed by atoms with van der Waals surface area (Å²) in [4.78, 5) is 16.1. The molecule has 0 aliphatic carbocycles. The van der Waals surface area contributed by atoms with Crippen LogP contribution in [0.15, 0.2) is 11.4 Å². The molecule has 1 atom stereocenters. The Morgan fingerprint density at radius 2 is 2.41 bits per heavy atom. The third kappa shape index (κ3) is 2.86. The van der Waals surface area contributed by atoms with Crippen LogP contribution >= 0.6 is 11.3 Å². The molecule has 5 heteroatoms. The summed E-state index contributed by atoms with van der Waals surface area (Å²) in [5.74, 6) is -0.807. The highest BCUT2D eigenvalue weighted by Gasteiger charge is 2.25. The first-order valence-electron chi connectivity index (χ1n) is 5.76. The number of likely N-dealkylation sites (tertiary alicyclic amines) is 1. The van der Waals surface area contributed by atoms with Crippen molar-refractivity contribution in [3.63, 3.8) is 0 Å². The number of carboxylic acids is 1. The highest BCUT2D eigenvalue weighted by atomic mass is 32.1. The maximum atomic E-state index is 11.0. The molecule has 1 saturated heterocycles. The van der Waals surface area contributed by atoms with Gasteiger partial charge in [0, 0.05) is 25.7 Å². The van der Waals surface area contributed by atoms with Crippen molar-refractivity contribution in [1.82, 2.24) is 9.80 Å². The highest BCUT2D eigenvalue weighted by molar-refractivity contribution is 7.12. The number of hydrogen-bond donors (Lipinski definition) is 1. The van der Waals surface area contributed by atoms with Gasteiger partial charge in [0.15, 0.2) is 0 Å². The van der Waals surface area contributed by atoms with Gasteiger partial charge >= 0.3 is 5.97 Å². The second-order valence-corrected chi connectivity index (χ2v) is 5.64. The van der Waals surface area contributed by atoms with Crippen molar-refractivity contribution in [2.45, 2.75) is 19.0 Å². The molecule has 0 amide bonds. The van der Waals surface area contributed by atoms with Crippen molar-refractivity contribution < 1.29 is 9.90 Å². The van der Waals surface area contributed by atoms with E-state index in [-0.39, 0.29) is 0 Å². The zero-order valence-electron chi connectivity index (χ0n) is 10.2. The predicted octanol–water partition coefficient (Wildman–Crippen LogP) is 1.58. The lowest BCUT2D eigenvalue weighted by Gasteiger charge is -2.20. The Balaban J connectivity index is 1.98. The zero-order valence-corrected chi connectivity index (χ0v) is 11.0. The quantitative estimate of drug-likeness (QED) is 0.886. The van der Waals surface area contributed by atoms with Gasteiger partial charge in [0.05, 0.1) is 0 Å². The molecule has 1 aromatic rings. The summed E-state index contributed by atoms with van der Waals surface area (Å²) in [6, 6.07) is 2.53. The smallest absolute Gasteiger partial charge is 0.346 e. The van der Waals surface area contributed by atoms with E-state index < -0.39 is 5.97 Å². The first-order valence-corrected chi connectivity index (χ1v) is 6.64. The summed E-state index contributed by atoms with van der Waals surface area (Å²) in [6.07, 6.45) is 1.17. The first-order chi connectivity index (χ1) is 8.08. The third-order valence-corrected chi connectivity index (χ3v) is 4.26. The van der Waals surface area contributed by atoms with E-state index in [0.717, 1.165) is 25.2 Å². The largest absolute Gasteiger partial charge is 0.477 e. The SMILES string of the molecule is CN(C)C1CCN(Cc2ccsc2C(=O)O)C1. The van der Waals surface area contributed by atoms with E-state index in [1.807, 2.05) is 11.4 Å². The van der Waals surface area contributed by atoms with E-state index in [1.165, 1.54) is 17.8 Å². The van der Waals surface area contributed by atoms with E-state index >= 15 is 0 Å². The van der Waals surface area contributed by atoms with Crippen molar-refractivity contribution in [3.05, 3.63) is 21.9 Å². The molecule has 2 heterocycles. The lowest BCUT2D eigenvalue weighted by molar-refractivity contribution is 0.0700. The normalized spacial score (nSPS) is 21.2. The standard InChI is InChI=1S/C12H18N2O2S/c1-13(2)10-3-5-14(8-10)7-9-4-6-17-11(9)12(15)16/h4,6,10H,3,5,7-8H2,1-2H3,(H,15,16). The van der Waals surface area contributed by atoms with Crippen molar-refractivity contribution >= 4 is 17.3 Å². The lowest BCUT2D eigenvalue weighted by Crippen LogP contribution is -2.31. The molecule has 17 heavy (non-hydrogen) atoms. The second kappa shape index (κ2) is 5.16. The fourth-order valence-corrected chi connectivity index (χ4v) is 3.02. The topological polar surface area (TPSA) is 43.8 Å². The molecule has 0 saturated carbocycles. The molecule has 1 unspecified atom stereocenters. The van der Waals surface area contributed by atoms with Crippen LogP contribution in [0.2, 0.25) is 0 Å². The minimum absolute atomic E-state index is 0.485. The van der Waals surface area contributed by atoms with Crippen LogP contribution in [0, 0.1) is 0 Å². The van der Waals surface area contributed by atoms with E-state index in [2.05, 4.69) is 23.9 Å². The molecule has 0 spiro atoms. The van der Waals surface area contributed by atoms with E-state index in [0.29, 0.717) is 10.9 Å². The number of rotatable bonds is 4. The van der Waals surface area contributed by atoms with Crippen LogP contribution in [-0.4, -0.2) is 54.1 Å². The molecule has 0 radical (unpaired) electrons. The molecule has 94 valence electrons. The molecule has 2 rings (SSSR count). The molecule has 0 bridgehead atoms. The number of aromatic carboxylic acids is 1. The Labute approximate surface area is 105 Å². The van der Waals surface area contributed by atoms with Gasteiger partial charge in [0.1, 0.15) is 4.88 Å². The monoisotopic (exact) mass is 254 g/mol. The van der Waals surface area contributed by atoms with Gasteiger partial charge in [0.2, 0.25) is 0 Å². The molecule has 1 aliphatic heterocycles. The zero-order chi connectivity index (χ0) is 12.4. The molecule has 4 nitrogen and oxygen atoms in total. The summed E-state index contributed by atoms with van der Waals surface area (Å²) in [5, 5.41) is 10.9. The Kier molecular flexibility index (Phi) is 3.81. The summed E-state index contributed by atoms with van der Waals surface area (Å²) in [7, 11) is 4.20. The fraction of sp³-hybridized carbons (Fsp3) is 0.583. The second-order valence-electron chi connectivity index (χ2n) is 4.72. The Hall–Kier alpha value is -0.910. The van der Waals surface area contributed by atoms with Gasteiger partial charge in [0.25, 0.3) is 0 Å². The Morgan fingerprint density at radius 3 is 3.00 bits per heavy atom. The average Bonchev–Trinajstić information content (AvgIpc) is 2.86. The van der Waals surface area contributed by atoms with Gasteiger partial charge in [-0.1, -0.05) is 0 Å². The maximum Gasteiger partial charge on any atom is 0.346 e. The lowest BCUT2D eigenvalue weighted by atomic mass is 10.2. The van der Waals surface area contributed by atoms with Crippen molar-refractivity contribution in [3.8, 4) is 0 Å². The number of hydrogen-bond acceptors (Lipinski definition) is 4. The van der Waals surface area contributed by atoms with Crippen LogP contribution < -0.4 is 0 Å². The van der Waals surface area contributed by atoms with Gasteiger partial charge in [-0.25, -0.2) is 4.79 Å². The van der Waals surface area contributed by atoms with Crippen molar-refractivity contribution in [2.24, 2.45) is 0 Å². The van der Waals surface area contributed by atoms with Gasteiger partial charge in [-0.15, -0.1) is 11.3 Å². The summed E-state index contributed by atoms with van der Waals surface area (Å²) >= 11 is 1.31. The number of thiophene rings is 1. The predicted molar refractivity (Wildman–Crippen MR) is 68.6 cm³/mol. The van der Waals surface area contributed by atoms with Crippen LogP contribution in [0.1, 0.15) is 21.7 Å². The van der Waals surface area contributed by atoms with Crippen LogP contribution in [0.4, 0.5) is 0 Å². The van der Waals surface area contributed by atoms with Crippen molar-refractivity contribution in [2.75, 3.05) is 27.2 Å². The highest BCUT2D eigenvalue weighted by Crippen LogP contribution is 2.21. The van der Waals surface area contributed by atoms with Crippen LogP contribution in [0.3, 0.4) is 0 Å². The van der Waals surface area contributed by atoms with Crippen LogP contribution in [0.5, 0.6) is 0 Å². The molecule has 1 fully saturated rings. The molecule has 1 N–H and O–H groups in total. The van der Waals surface area contributed by atoms with E-state index in [9.17, 15) is 4.79 Å². The number of nitrogens with zero attached hydrogens (tertiary/aromatic N) is 2. The van der Waals surface area contributed by atoms with Crippen molar-refractivity contribution in [1.29, 1.82) is 0 Å². The molecule has 0 aromatic carbocycles. The first kappa shape index (κ1) is 12.5. The minimum Gasteiger partial charge on any atom is -0.477 e.